The maximum atomic E-state index is 12.4. The Kier molecular flexibility index (Phi) is 5.39. The number of rotatable bonds is 4. The SMILES string of the molecule is Cc1ccc(C(=O)Nc2cc(N3CCOCC3)c([N+](=O)[O-])cc2Cl)cc1. The van der Waals surface area contributed by atoms with E-state index in [-0.39, 0.29) is 16.6 Å². The zero-order chi connectivity index (χ0) is 18.7. The average molecular weight is 376 g/mol. The lowest BCUT2D eigenvalue weighted by Crippen LogP contribution is -2.36. The fraction of sp³-hybridized carbons (Fsp3) is 0.278. The highest BCUT2D eigenvalue weighted by Crippen LogP contribution is 2.37. The number of nitrogens with zero attached hydrogens (tertiary/aromatic N) is 2. The summed E-state index contributed by atoms with van der Waals surface area (Å²) in [6, 6.07) is 9.94. The van der Waals surface area contributed by atoms with Crippen LogP contribution in [0.25, 0.3) is 0 Å². The van der Waals surface area contributed by atoms with Crippen molar-refractivity contribution in [2.75, 3.05) is 36.5 Å². The number of benzene rings is 2. The van der Waals surface area contributed by atoms with Crippen LogP contribution in [0.2, 0.25) is 5.02 Å². The van der Waals surface area contributed by atoms with E-state index in [0.717, 1.165) is 5.56 Å². The van der Waals surface area contributed by atoms with Gasteiger partial charge in [-0.1, -0.05) is 29.3 Å². The Labute approximate surface area is 155 Å². The minimum absolute atomic E-state index is 0.0924. The van der Waals surface area contributed by atoms with Gasteiger partial charge in [-0.15, -0.1) is 0 Å². The highest BCUT2D eigenvalue weighted by atomic mass is 35.5. The fourth-order valence-corrected chi connectivity index (χ4v) is 2.96. The van der Waals surface area contributed by atoms with Gasteiger partial charge in [0, 0.05) is 24.7 Å². The molecule has 3 rings (SSSR count). The average Bonchev–Trinajstić information content (AvgIpc) is 2.64. The Bertz CT molecular complexity index is 833. The van der Waals surface area contributed by atoms with Crippen molar-refractivity contribution in [3.63, 3.8) is 0 Å². The molecule has 8 heteroatoms. The summed E-state index contributed by atoms with van der Waals surface area (Å²) in [6.45, 7) is 3.99. The van der Waals surface area contributed by atoms with Gasteiger partial charge < -0.3 is 15.0 Å². The highest BCUT2D eigenvalue weighted by Gasteiger charge is 2.24. The Morgan fingerprint density at radius 2 is 1.88 bits per heavy atom. The molecule has 0 saturated carbocycles. The summed E-state index contributed by atoms with van der Waals surface area (Å²) < 4.78 is 5.30. The van der Waals surface area contributed by atoms with Gasteiger partial charge >= 0.3 is 0 Å². The second-order valence-electron chi connectivity index (χ2n) is 6.00. The first-order valence-electron chi connectivity index (χ1n) is 8.14. The summed E-state index contributed by atoms with van der Waals surface area (Å²) in [5.41, 5.74) is 2.19. The molecule has 0 unspecified atom stereocenters. The smallest absolute Gasteiger partial charge is 0.294 e. The first-order chi connectivity index (χ1) is 12.5. The molecule has 1 aliphatic heterocycles. The van der Waals surface area contributed by atoms with Crippen LogP contribution >= 0.6 is 11.6 Å². The minimum Gasteiger partial charge on any atom is -0.378 e. The summed E-state index contributed by atoms with van der Waals surface area (Å²) in [5, 5.41) is 14.3. The lowest BCUT2D eigenvalue weighted by Gasteiger charge is -2.29. The molecule has 136 valence electrons. The van der Waals surface area contributed by atoms with Gasteiger partial charge in [-0.25, -0.2) is 0 Å². The molecule has 2 aromatic carbocycles. The van der Waals surface area contributed by atoms with Gasteiger partial charge in [0.25, 0.3) is 11.6 Å². The van der Waals surface area contributed by atoms with E-state index < -0.39 is 4.92 Å². The van der Waals surface area contributed by atoms with Crippen molar-refractivity contribution in [1.29, 1.82) is 0 Å². The van der Waals surface area contributed by atoms with Gasteiger partial charge in [-0.2, -0.15) is 0 Å². The number of ether oxygens (including phenoxy) is 1. The Balaban J connectivity index is 1.92. The molecule has 2 aromatic rings. The number of nitrogens with one attached hydrogen (secondary N) is 1. The van der Waals surface area contributed by atoms with Crippen molar-refractivity contribution in [1.82, 2.24) is 0 Å². The molecule has 1 aliphatic rings. The van der Waals surface area contributed by atoms with Crippen LogP contribution in [0.15, 0.2) is 36.4 Å². The molecule has 26 heavy (non-hydrogen) atoms. The Morgan fingerprint density at radius 3 is 2.50 bits per heavy atom. The van der Waals surface area contributed by atoms with Crippen LogP contribution in [0.1, 0.15) is 15.9 Å². The number of hydrogen-bond acceptors (Lipinski definition) is 5. The van der Waals surface area contributed by atoms with Crippen molar-refractivity contribution < 1.29 is 14.5 Å². The van der Waals surface area contributed by atoms with E-state index in [1.165, 1.54) is 6.07 Å². The summed E-state index contributed by atoms with van der Waals surface area (Å²) in [4.78, 5) is 25.2. The molecular weight excluding hydrogens is 358 g/mol. The summed E-state index contributed by atoms with van der Waals surface area (Å²) in [5.74, 6) is -0.325. The molecule has 0 aromatic heterocycles. The van der Waals surface area contributed by atoms with E-state index in [1.54, 1.807) is 18.2 Å². The number of hydrogen-bond donors (Lipinski definition) is 1. The number of carbonyl (C=O) groups is 1. The first kappa shape index (κ1) is 18.2. The third-order valence-electron chi connectivity index (χ3n) is 4.17. The molecule has 0 atom stereocenters. The van der Waals surface area contributed by atoms with Gasteiger partial charge in [0.2, 0.25) is 0 Å². The molecule has 1 N–H and O–H groups in total. The molecular formula is C18H18ClN3O4. The molecule has 1 saturated heterocycles. The van der Waals surface area contributed by atoms with E-state index in [4.69, 9.17) is 16.3 Å². The topological polar surface area (TPSA) is 84.7 Å². The number of nitro groups is 1. The van der Waals surface area contributed by atoms with Crippen molar-refractivity contribution in [2.24, 2.45) is 0 Å². The van der Waals surface area contributed by atoms with Crippen LogP contribution < -0.4 is 10.2 Å². The van der Waals surface area contributed by atoms with E-state index in [1.807, 2.05) is 24.0 Å². The van der Waals surface area contributed by atoms with Crippen LogP contribution in [0.3, 0.4) is 0 Å². The molecule has 1 fully saturated rings. The number of nitro benzene ring substituents is 1. The van der Waals surface area contributed by atoms with Crippen LogP contribution in [0, 0.1) is 17.0 Å². The molecule has 0 aliphatic carbocycles. The van der Waals surface area contributed by atoms with E-state index in [2.05, 4.69) is 5.32 Å². The zero-order valence-corrected chi connectivity index (χ0v) is 15.0. The zero-order valence-electron chi connectivity index (χ0n) is 14.2. The predicted octanol–water partition coefficient (Wildman–Crippen LogP) is 3.65. The third kappa shape index (κ3) is 3.95. The van der Waals surface area contributed by atoms with Crippen LogP contribution in [0.4, 0.5) is 17.1 Å². The maximum Gasteiger partial charge on any atom is 0.294 e. The van der Waals surface area contributed by atoms with Gasteiger partial charge in [-0.3, -0.25) is 14.9 Å². The van der Waals surface area contributed by atoms with Crippen LogP contribution in [-0.2, 0) is 4.74 Å². The second kappa shape index (κ2) is 7.72. The van der Waals surface area contributed by atoms with Gasteiger partial charge in [0.15, 0.2) is 0 Å². The lowest BCUT2D eigenvalue weighted by molar-refractivity contribution is -0.384. The molecule has 0 spiro atoms. The minimum atomic E-state index is -0.470. The normalized spacial score (nSPS) is 14.2. The van der Waals surface area contributed by atoms with Crippen molar-refractivity contribution in [2.45, 2.75) is 6.92 Å². The van der Waals surface area contributed by atoms with Gasteiger partial charge in [-0.05, 0) is 25.1 Å². The quantitative estimate of drug-likeness (QED) is 0.651. The Hall–Kier alpha value is -2.64. The van der Waals surface area contributed by atoms with Crippen LogP contribution in [-0.4, -0.2) is 37.1 Å². The number of aryl methyl sites for hydroxylation is 1. The van der Waals surface area contributed by atoms with Gasteiger partial charge in [0.05, 0.1) is 28.8 Å². The highest BCUT2D eigenvalue weighted by molar-refractivity contribution is 6.34. The number of halogens is 1. The van der Waals surface area contributed by atoms with Crippen LogP contribution in [0.5, 0.6) is 0 Å². The van der Waals surface area contributed by atoms with E-state index >= 15 is 0 Å². The summed E-state index contributed by atoms with van der Waals surface area (Å²) in [7, 11) is 0. The van der Waals surface area contributed by atoms with Crippen molar-refractivity contribution >= 4 is 34.6 Å². The van der Waals surface area contributed by atoms with Gasteiger partial charge in [0.1, 0.15) is 5.69 Å². The number of amides is 1. The van der Waals surface area contributed by atoms with Crippen molar-refractivity contribution in [3.8, 4) is 0 Å². The molecule has 1 heterocycles. The number of carbonyl (C=O) groups excluding carboxylic acids is 1. The second-order valence-corrected chi connectivity index (χ2v) is 6.40. The lowest BCUT2D eigenvalue weighted by atomic mass is 10.1. The monoisotopic (exact) mass is 375 g/mol. The molecule has 7 nitrogen and oxygen atoms in total. The Morgan fingerprint density at radius 1 is 1.23 bits per heavy atom. The maximum absolute atomic E-state index is 12.4. The van der Waals surface area contributed by atoms with Crippen molar-refractivity contribution in [3.05, 3.63) is 62.7 Å². The predicted molar refractivity (Wildman–Crippen MR) is 100 cm³/mol. The first-order valence-corrected chi connectivity index (χ1v) is 8.52. The van der Waals surface area contributed by atoms with E-state index in [0.29, 0.717) is 43.2 Å². The number of morpholine rings is 1. The standard InChI is InChI=1S/C18H18ClN3O4/c1-12-2-4-13(5-3-12)18(23)20-15-11-16(21-6-8-26-9-7-21)17(22(24)25)10-14(15)19/h2-5,10-11H,6-9H2,1H3,(H,20,23). The third-order valence-corrected chi connectivity index (χ3v) is 4.49. The fourth-order valence-electron chi connectivity index (χ4n) is 2.75. The molecule has 0 radical (unpaired) electrons. The molecule has 0 bridgehead atoms. The summed E-state index contributed by atoms with van der Waals surface area (Å²) >= 11 is 6.18. The molecule has 1 amide bonds. The van der Waals surface area contributed by atoms with E-state index in [9.17, 15) is 14.9 Å². The summed E-state index contributed by atoms with van der Waals surface area (Å²) in [6.07, 6.45) is 0. The number of anilines is 2. The largest absolute Gasteiger partial charge is 0.378 e.